The van der Waals surface area contributed by atoms with Crippen molar-refractivity contribution in [1.29, 1.82) is 0 Å². The summed E-state index contributed by atoms with van der Waals surface area (Å²) in [6.07, 6.45) is 0. The number of thiophene rings is 1. The minimum absolute atomic E-state index is 0.617. The zero-order valence-electron chi connectivity index (χ0n) is 29.8. The largest absolute Gasteiger partial charge is 0.452 e. The van der Waals surface area contributed by atoms with E-state index in [-0.39, 0.29) is 0 Å². The molecule has 0 bridgehead atoms. The van der Waals surface area contributed by atoms with Gasteiger partial charge in [-0.2, -0.15) is 0 Å². The van der Waals surface area contributed by atoms with Gasteiger partial charge in [0.25, 0.3) is 0 Å². The molecule has 0 aliphatic carbocycles. The van der Waals surface area contributed by atoms with Crippen molar-refractivity contribution in [2.45, 2.75) is 0 Å². The molecule has 0 saturated carbocycles. The predicted octanol–water partition coefficient (Wildman–Crippen LogP) is 12.9. The lowest BCUT2D eigenvalue weighted by Gasteiger charge is -2.10. The van der Waals surface area contributed by atoms with E-state index in [0.29, 0.717) is 28.9 Å². The summed E-state index contributed by atoms with van der Waals surface area (Å²) in [4.78, 5) is 25.4. The number of benzene rings is 7. The van der Waals surface area contributed by atoms with Gasteiger partial charge in [-0.05, 0) is 35.4 Å². The molecule has 0 unspecified atom stereocenters. The normalized spacial score (nSPS) is 11.6. The van der Waals surface area contributed by atoms with Crippen LogP contribution in [0.1, 0.15) is 0 Å². The SMILES string of the molecule is c1ccc(-c2cccc(-c3nc(-c4ccccc4)nc(-c4ccc5c(c4)sc4c(-c6nc(-c7ccccc7)nc7c6oc6ccccc67)cccc45)n3)c2)cc1. The molecule has 0 fully saturated rings. The lowest BCUT2D eigenvalue weighted by atomic mass is 10.0. The van der Waals surface area contributed by atoms with Gasteiger partial charge in [0.1, 0.15) is 16.8 Å². The van der Waals surface area contributed by atoms with Gasteiger partial charge >= 0.3 is 0 Å². The Morgan fingerprint density at radius 3 is 1.66 bits per heavy atom. The molecule has 0 radical (unpaired) electrons. The van der Waals surface area contributed by atoms with Crippen molar-refractivity contribution >= 4 is 53.6 Å². The molecule has 7 heteroatoms. The Morgan fingerprint density at radius 1 is 0.375 bits per heavy atom. The first-order valence-electron chi connectivity index (χ1n) is 18.4. The average Bonchev–Trinajstić information content (AvgIpc) is 3.85. The van der Waals surface area contributed by atoms with Crippen molar-refractivity contribution in [1.82, 2.24) is 24.9 Å². The Morgan fingerprint density at radius 2 is 0.929 bits per heavy atom. The first-order valence-corrected chi connectivity index (χ1v) is 19.2. The number of rotatable bonds is 6. The molecule has 0 atom stereocenters. The number of nitrogens with zero attached hydrogens (tertiary/aromatic N) is 5. The lowest BCUT2D eigenvalue weighted by molar-refractivity contribution is 0.667. The van der Waals surface area contributed by atoms with Crippen molar-refractivity contribution in [2.75, 3.05) is 0 Å². The van der Waals surface area contributed by atoms with Gasteiger partial charge in [0.05, 0.1) is 0 Å². The van der Waals surface area contributed by atoms with Crippen LogP contribution in [0.2, 0.25) is 0 Å². The third-order valence-electron chi connectivity index (χ3n) is 10.2. The Kier molecular flexibility index (Phi) is 7.57. The molecule has 0 spiro atoms. The minimum atomic E-state index is 0.617. The van der Waals surface area contributed by atoms with E-state index in [1.54, 1.807) is 11.3 Å². The molecule has 0 N–H and O–H groups in total. The van der Waals surface area contributed by atoms with E-state index in [1.165, 1.54) is 0 Å². The molecule has 0 saturated heterocycles. The molecule has 6 nitrogen and oxygen atoms in total. The standard InChI is InChI=1S/C49H29N5OS/c1-4-14-30(15-5-1)33-20-12-21-34(28-33)48-52-47(32-18-8-3-9-19-32)53-49(54-48)35-26-27-36-37-23-13-24-39(45(37)56-41(36)29-35)43-44-42(38-22-10-11-25-40(38)55-44)50-46(51-43)31-16-6-2-7-17-31/h1-29H. The fourth-order valence-electron chi connectivity index (χ4n) is 7.43. The molecule has 0 aliphatic rings. The van der Waals surface area contributed by atoms with Crippen LogP contribution < -0.4 is 0 Å². The molecule has 4 aromatic heterocycles. The number of fused-ring (bicyclic) bond motifs is 6. The molecule has 262 valence electrons. The van der Waals surface area contributed by atoms with Gasteiger partial charge in [-0.3, -0.25) is 0 Å². The summed E-state index contributed by atoms with van der Waals surface area (Å²) in [6.45, 7) is 0. The summed E-state index contributed by atoms with van der Waals surface area (Å²) in [6, 6.07) is 59.9. The Labute approximate surface area is 325 Å². The van der Waals surface area contributed by atoms with Gasteiger partial charge in [0.2, 0.25) is 0 Å². The van der Waals surface area contributed by atoms with Crippen molar-refractivity contribution in [3.05, 3.63) is 176 Å². The molecule has 7 aromatic carbocycles. The maximum absolute atomic E-state index is 6.51. The fourth-order valence-corrected chi connectivity index (χ4v) is 8.69. The van der Waals surface area contributed by atoms with Crippen LogP contribution in [0.4, 0.5) is 0 Å². The molecule has 56 heavy (non-hydrogen) atoms. The number of hydrogen-bond acceptors (Lipinski definition) is 7. The highest BCUT2D eigenvalue weighted by atomic mass is 32.1. The van der Waals surface area contributed by atoms with Crippen molar-refractivity contribution in [2.24, 2.45) is 0 Å². The van der Waals surface area contributed by atoms with Crippen LogP contribution in [0.3, 0.4) is 0 Å². The molecular weight excluding hydrogens is 707 g/mol. The van der Waals surface area contributed by atoms with E-state index in [1.807, 2.05) is 84.9 Å². The summed E-state index contributed by atoms with van der Waals surface area (Å²) in [5.74, 6) is 2.53. The first kappa shape index (κ1) is 32.1. The highest BCUT2D eigenvalue weighted by Crippen LogP contribution is 2.44. The van der Waals surface area contributed by atoms with E-state index in [4.69, 9.17) is 29.3 Å². The van der Waals surface area contributed by atoms with Gasteiger partial charge in [-0.1, -0.05) is 152 Å². The molecular formula is C49H29N5OS. The van der Waals surface area contributed by atoms with Crippen LogP contribution in [-0.4, -0.2) is 24.9 Å². The van der Waals surface area contributed by atoms with Gasteiger partial charge in [-0.15, -0.1) is 11.3 Å². The highest BCUT2D eigenvalue weighted by Gasteiger charge is 2.21. The lowest BCUT2D eigenvalue weighted by Crippen LogP contribution is -2.00. The van der Waals surface area contributed by atoms with Crippen molar-refractivity contribution in [3.63, 3.8) is 0 Å². The monoisotopic (exact) mass is 735 g/mol. The highest BCUT2D eigenvalue weighted by molar-refractivity contribution is 7.26. The number of furan rings is 1. The smallest absolute Gasteiger partial charge is 0.180 e. The van der Waals surface area contributed by atoms with Crippen molar-refractivity contribution in [3.8, 4) is 67.9 Å². The van der Waals surface area contributed by atoms with E-state index in [2.05, 4.69) is 91.0 Å². The summed E-state index contributed by atoms with van der Waals surface area (Å²) >= 11 is 1.74. The zero-order chi connectivity index (χ0) is 37.0. The van der Waals surface area contributed by atoms with Gasteiger partial charge in [0, 0.05) is 53.4 Å². The Balaban J connectivity index is 1.08. The Hall–Kier alpha value is -7.35. The van der Waals surface area contributed by atoms with Gasteiger partial charge < -0.3 is 4.42 Å². The van der Waals surface area contributed by atoms with E-state index in [0.717, 1.165) is 81.3 Å². The summed E-state index contributed by atoms with van der Waals surface area (Å²) in [7, 11) is 0. The molecule has 0 aliphatic heterocycles. The minimum Gasteiger partial charge on any atom is -0.452 e. The maximum atomic E-state index is 6.51. The summed E-state index contributed by atoms with van der Waals surface area (Å²) in [5.41, 5.74) is 10.0. The van der Waals surface area contributed by atoms with Crippen LogP contribution >= 0.6 is 11.3 Å². The fraction of sp³-hybridized carbons (Fsp3) is 0. The molecule has 11 rings (SSSR count). The first-order chi connectivity index (χ1) is 27.7. The average molecular weight is 736 g/mol. The quantitative estimate of drug-likeness (QED) is 0.169. The second kappa shape index (κ2) is 13.2. The third kappa shape index (κ3) is 5.52. The number of aromatic nitrogens is 5. The van der Waals surface area contributed by atoms with Crippen LogP contribution in [0.5, 0.6) is 0 Å². The molecule has 4 heterocycles. The van der Waals surface area contributed by atoms with Crippen LogP contribution in [0.25, 0.3) is 110 Å². The maximum Gasteiger partial charge on any atom is 0.180 e. The van der Waals surface area contributed by atoms with Crippen LogP contribution in [-0.2, 0) is 0 Å². The van der Waals surface area contributed by atoms with Crippen molar-refractivity contribution < 1.29 is 4.42 Å². The predicted molar refractivity (Wildman–Crippen MR) is 228 cm³/mol. The van der Waals surface area contributed by atoms with Gasteiger partial charge in [-0.25, -0.2) is 24.9 Å². The van der Waals surface area contributed by atoms with Crippen LogP contribution in [0.15, 0.2) is 180 Å². The van der Waals surface area contributed by atoms with Crippen LogP contribution in [0, 0.1) is 0 Å². The summed E-state index contributed by atoms with van der Waals surface area (Å²) < 4.78 is 8.76. The number of para-hydroxylation sites is 1. The van der Waals surface area contributed by atoms with Gasteiger partial charge in [0.15, 0.2) is 28.9 Å². The number of hydrogen-bond donors (Lipinski definition) is 0. The topological polar surface area (TPSA) is 77.6 Å². The summed E-state index contributed by atoms with van der Waals surface area (Å²) in [5, 5.41) is 3.27. The Bertz CT molecular complexity index is 3250. The second-order valence-electron chi connectivity index (χ2n) is 13.7. The third-order valence-corrected chi connectivity index (χ3v) is 11.4. The van der Waals surface area contributed by atoms with E-state index in [9.17, 15) is 0 Å². The van der Waals surface area contributed by atoms with E-state index >= 15 is 0 Å². The second-order valence-corrected chi connectivity index (χ2v) is 14.7. The zero-order valence-corrected chi connectivity index (χ0v) is 30.6. The van der Waals surface area contributed by atoms with E-state index < -0.39 is 0 Å². The molecule has 0 amide bonds. The molecule has 11 aromatic rings.